The standard InChI is InChI=1S/C20H19N5O/c1-25-20(17-8-4-5-11-21-17)18(13-23-25)24-19(26)10-9-14-12-22-16-7-3-2-6-15(14)16/h2-8,11-13,22H,9-10H2,1H3,(H,24,26). The summed E-state index contributed by atoms with van der Waals surface area (Å²) in [7, 11) is 1.84. The summed E-state index contributed by atoms with van der Waals surface area (Å²) in [5.41, 5.74) is 4.49. The number of H-pyrrole nitrogens is 1. The first-order chi connectivity index (χ1) is 12.7. The van der Waals surface area contributed by atoms with Gasteiger partial charge in [-0.05, 0) is 30.2 Å². The molecule has 3 heterocycles. The van der Waals surface area contributed by atoms with Crippen molar-refractivity contribution in [1.29, 1.82) is 0 Å². The summed E-state index contributed by atoms with van der Waals surface area (Å²) < 4.78 is 1.72. The number of hydrogen-bond donors (Lipinski definition) is 2. The quantitative estimate of drug-likeness (QED) is 0.581. The Morgan fingerprint density at radius 1 is 1.19 bits per heavy atom. The number of fused-ring (bicyclic) bond motifs is 1. The lowest BCUT2D eigenvalue weighted by Gasteiger charge is -2.07. The number of rotatable bonds is 5. The van der Waals surface area contributed by atoms with E-state index in [1.165, 1.54) is 0 Å². The minimum Gasteiger partial charge on any atom is -0.361 e. The molecular formula is C20H19N5O. The van der Waals surface area contributed by atoms with E-state index in [-0.39, 0.29) is 5.91 Å². The molecule has 6 nitrogen and oxygen atoms in total. The van der Waals surface area contributed by atoms with E-state index >= 15 is 0 Å². The molecule has 0 saturated heterocycles. The number of amides is 1. The van der Waals surface area contributed by atoms with Crippen molar-refractivity contribution < 1.29 is 4.79 Å². The van der Waals surface area contributed by atoms with Gasteiger partial charge in [-0.15, -0.1) is 0 Å². The predicted octanol–water partition coefficient (Wildman–Crippen LogP) is 3.53. The lowest BCUT2D eigenvalue weighted by Crippen LogP contribution is -2.13. The zero-order valence-electron chi connectivity index (χ0n) is 14.4. The number of hydrogen-bond acceptors (Lipinski definition) is 3. The third-order valence-electron chi connectivity index (χ3n) is 4.42. The van der Waals surface area contributed by atoms with Crippen LogP contribution in [0, 0.1) is 0 Å². The van der Waals surface area contributed by atoms with Gasteiger partial charge in [0.1, 0.15) is 5.69 Å². The van der Waals surface area contributed by atoms with Crippen LogP contribution < -0.4 is 5.32 Å². The average molecular weight is 345 g/mol. The van der Waals surface area contributed by atoms with Crippen LogP contribution in [-0.4, -0.2) is 25.7 Å². The molecule has 0 radical (unpaired) electrons. The summed E-state index contributed by atoms with van der Waals surface area (Å²) in [6.07, 6.45) is 6.44. The van der Waals surface area contributed by atoms with E-state index in [0.29, 0.717) is 18.5 Å². The second-order valence-corrected chi connectivity index (χ2v) is 6.15. The Hall–Kier alpha value is -3.41. The molecule has 6 heteroatoms. The zero-order valence-corrected chi connectivity index (χ0v) is 14.4. The topological polar surface area (TPSA) is 75.6 Å². The Morgan fingerprint density at radius 2 is 2.04 bits per heavy atom. The fourth-order valence-electron chi connectivity index (χ4n) is 3.13. The molecular weight excluding hydrogens is 326 g/mol. The third-order valence-corrected chi connectivity index (χ3v) is 4.42. The first-order valence-corrected chi connectivity index (χ1v) is 8.50. The monoisotopic (exact) mass is 345 g/mol. The molecule has 26 heavy (non-hydrogen) atoms. The van der Waals surface area contributed by atoms with Gasteiger partial charge >= 0.3 is 0 Å². The van der Waals surface area contributed by atoms with Gasteiger partial charge in [-0.1, -0.05) is 24.3 Å². The Morgan fingerprint density at radius 3 is 2.88 bits per heavy atom. The minimum atomic E-state index is -0.0412. The Labute approximate surface area is 150 Å². The molecule has 1 amide bonds. The molecule has 0 aliphatic heterocycles. The first-order valence-electron chi connectivity index (χ1n) is 8.50. The highest BCUT2D eigenvalue weighted by Crippen LogP contribution is 2.26. The second kappa shape index (κ2) is 6.84. The molecule has 0 aliphatic carbocycles. The number of carbonyl (C=O) groups is 1. The van der Waals surface area contributed by atoms with E-state index in [0.717, 1.165) is 27.9 Å². The maximum Gasteiger partial charge on any atom is 0.224 e. The van der Waals surface area contributed by atoms with E-state index in [4.69, 9.17) is 0 Å². The normalized spacial score (nSPS) is 11.0. The van der Waals surface area contributed by atoms with Gasteiger partial charge in [0.25, 0.3) is 0 Å². The number of para-hydroxylation sites is 1. The van der Waals surface area contributed by atoms with Crippen molar-refractivity contribution in [2.24, 2.45) is 7.05 Å². The largest absolute Gasteiger partial charge is 0.361 e. The maximum absolute atomic E-state index is 12.5. The van der Waals surface area contributed by atoms with Gasteiger partial charge in [-0.25, -0.2) is 0 Å². The van der Waals surface area contributed by atoms with Crippen LogP contribution in [0.25, 0.3) is 22.3 Å². The van der Waals surface area contributed by atoms with Crippen molar-refractivity contribution in [3.8, 4) is 11.4 Å². The van der Waals surface area contributed by atoms with Crippen molar-refractivity contribution in [3.63, 3.8) is 0 Å². The third kappa shape index (κ3) is 3.09. The predicted molar refractivity (Wildman–Crippen MR) is 102 cm³/mol. The highest BCUT2D eigenvalue weighted by atomic mass is 16.1. The number of aryl methyl sites for hydroxylation is 2. The van der Waals surface area contributed by atoms with Gasteiger partial charge < -0.3 is 10.3 Å². The molecule has 3 aromatic heterocycles. The van der Waals surface area contributed by atoms with Crippen LogP contribution in [-0.2, 0) is 18.3 Å². The number of pyridine rings is 1. The van der Waals surface area contributed by atoms with Crippen molar-refractivity contribution in [1.82, 2.24) is 19.7 Å². The summed E-state index contributed by atoms with van der Waals surface area (Å²) in [5.74, 6) is -0.0412. The number of aromatic nitrogens is 4. The number of carbonyl (C=O) groups excluding carboxylic acids is 1. The highest BCUT2D eigenvalue weighted by molar-refractivity contribution is 5.94. The molecule has 4 rings (SSSR count). The van der Waals surface area contributed by atoms with Crippen molar-refractivity contribution in [2.75, 3.05) is 5.32 Å². The second-order valence-electron chi connectivity index (χ2n) is 6.15. The fourth-order valence-corrected chi connectivity index (χ4v) is 3.13. The number of anilines is 1. The fraction of sp³-hybridized carbons (Fsp3) is 0.150. The van der Waals surface area contributed by atoms with E-state index in [1.807, 2.05) is 49.6 Å². The van der Waals surface area contributed by atoms with E-state index in [1.54, 1.807) is 17.1 Å². The van der Waals surface area contributed by atoms with Crippen molar-refractivity contribution >= 4 is 22.5 Å². The molecule has 0 unspecified atom stereocenters. The molecule has 0 saturated carbocycles. The molecule has 0 spiro atoms. The van der Waals surface area contributed by atoms with Crippen LogP contribution in [0.1, 0.15) is 12.0 Å². The SMILES string of the molecule is Cn1ncc(NC(=O)CCc2c[nH]c3ccccc23)c1-c1ccccn1. The molecule has 2 N–H and O–H groups in total. The summed E-state index contributed by atoms with van der Waals surface area (Å²) in [4.78, 5) is 20.1. The first kappa shape index (κ1) is 16.1. The molecule has 0 fully saturated rings. The number of benzene rings is 1. The van der Waals surface area contributed by atoms with E-state index < -0.39 is 0 Å². The summed E-state index contributed by atoms with van der Waals surface area (Å²) in [6.45, 7) is 0. The number of nitrogens with one attached hydrogen (secondary N) is 2. The van der Waals surface area contributed by atoms with Gasteiger partial charge in [0.2, 0.25) is 5.91 Å². The van der Waals surface area contributed by atoms with Crippen LogP contribution in [0.2, 0.25) is 0 Å². The molecule has 130 valence electrons. The number of aromatic amines is 1. The van der Waals surface area contributed by atoms with E-state index in [2.05, 4.69) is 26.4 Å². The smallest absolute Gasteiger partial charge is 0.224 e. The Kier molecular flexibility index (Phi) is 4.23. The van der Waals surface area contributed by atoms with Crippen LogP contribution in [0.3, 0.4) is 0 Å². The van der Waals surface area contributed by atoms with Gasteiger partial charge in [-0.2, -0.15) is 5.10 Å². The van der Waals surface area contributed by atoms with Crippen LogP contribution in [0.4, 0.5) is 5.69 Å². The van der Waals surface area contributed by atoms with Crippen molar-refractivity contribution in [3.05, 3.63) is 66.6 Å². The highest BCUT2D eigenvalue weighted by Gasteiger charge is 2.14. The van der Waals surface area contributed by atoms with E-state index in [9.17, 15) is 4.79 Å². The molecule has 4 aromatic rings. The van der Waals surface area contributed by atoms with Gasteiger partial charge in [0, 0.05) is 36.8 Å². The zero-order chi connectivity index (χ0) is 17.9. The van der Waals surface area contributed by atoms with Crippen LogP contribution >= 0.6 is 0 Å². The van der Waals surface area contributed by atoms with Gasteiger partial charge in [0.05, 0.1) is 17.6 Å². The summed E-state index contributed by atoms with van der Waals surface area (Å²) >= 11 is 0. The maximum atomic E-state index is 12.5. The van der Waals surface area contributed by atoms with Gasteiger partial charge in [0.15, 0.2) is 0 Å². The lowest BCUT2D eigenvalue weighted by atomic mass is 10.1. The number of nitrogens with zero attached hydrogens (tertiary/aromatic N) is 3. The molecule has 0 atom stereocenters. The minimum absolute atomic E-state index is 0.0412. The van der Waals surface area contributed by atoms with Crippen molar-refractivity contribution in [2.45, 2.75) is 12.8 Å². The average Bonchev–Trinajstić information content (AvgIpc) is 3.24. The van der Waals surface area contributed by atoms with Gasteiger partial charge in [-0.3, -0.25) is 14.5 Å². The molecule has 0 aliphatic rings. The molecule has 0 bridgehead atoms. The van der Waals surface area contributed by atoms with Crippen LogP contribution in [0.5, 0.6) is 0 Å². The summed E-state index contributed by atoms with van der Waals surface area (Å²) in [6, 6.07) is 13.8. The van der Waals surface area contributed by atoms with Crippen LogP contribution in [0.15, 0.2) is 61.1 Å². The molecule has 1 aromatic carbocycles. The Bertz CT molecular complexity index is 1050. The Balaban J connectivity index is 1.48. The summed E-state index contributed by atoms with van der Waals surface area (Å²) in [5, 5.41) is 8.38. The lowest BCUT2D eigenvalue weighted by molar-refractivity contribution is -0.116.